The molecule has 0 spiro atoms. The second kappa shape index (κ2) is 9.03. The maximum atomic E-state index is 12.7. The lowest BCUT2D eigenvalue weighted by Crippen LogP contribution is -2.35. The smallest absolute Gasteiger partial charge is 0.252 e. The van der Waals surface area contributed by atoms with E-state index in [0.717, 1.165) is 36.2 Å². The fourth-order valence-electron chi connectivity index (χ4n) is 3.32. The molecule has 1 aliphatic rings. The second-order valence-corrected chi connectivity index (χ2v) is 10.4. The molecule has 3 heterocycles. The lowest BCUT2D eigenvalue weighted by molar-refractivity contribution is -0.115. The highest BCUT2D eigenvalue weighted by Crippen LogP contribution is 2.27. The SMILES string of the molecule is O=C(Cc1ccc(S(=O)(=O)N2CCCCC2)s1)Nc1cnc(-c2ccccc2)nc1. The molecule has 1 amide bonds. The summed E-state index contributed by atoms with van der Waals surface area (Å²) >= 11 is 1.15. The van der Waals surface area contributed by atoms with Gasteiger partial charge in [0.1, 0.15) is 4.21 Å². The number of hydrogen-bond donors (Lipinski definition) is 1. The molecule has 1 N–H and O–H groups in total. The third-order valence-corrected chi connectivity index (χ3v) is 8.30. The van der Waals surface area contributed by atoms with Crippen LogP contribution in [0.5, 0.6) is 0 Å². The number of piperidine rings is 1. The average molecular weight is 443 g/mol. The number of rotatable bonds is 6. The topological polar surface area (TPSA) is 92.3 Å². The molecule has 0 unspecified atom stereocenters. The van der Waals surface area contributed by atoms with Crippen LogP contribution >= 0.6 is 11.3 Å². The van der Waals surface area contributed by atoms with E-state index in [0.29, 0.717) is 33.7 Å². The molecule has 9 heteroatoms. The summed E-state index contributed by atoms with van der Waals surface area (Å²) in [5, 5.41) is 2.76. The molecule has 156 valence electrons. The second-order valence-electron chi connectivity index (χ2n) is 7.07. The molecule has 1 saturated heterocycles. The third kappa shape index (κ3) is 4.75. The van der Waals surface area contributed by atoms with Crippen LogP contribution in [0.3, 0.4) is 0 Å². The Bertz CT molecular complexity index is 1110. The molecule has 1 aromatic carbocycles. The Morgan fingerprint density at radius 2 is 1.70 bits per heavy atom. The summed E-state index contributed by atoms with van der Waals surface area (Å²) in [6.07, 6.45) is 6.08. The molecule has 0 atom stereocenters. The summed E-state index contributed by atoms with van der Waals surface area (Å²) in [7, 11) is -3.47. The van der Waals surface area contributed by atoms with Crippen molar-refractivity contribution < 1.29 is 13.2 Å². The van der Waals surface area contributed by atoms with Crippen molar-refractivity contribution in [3.05, 3.63) is 59.7 Å². The first-order chi connectivity index (χ1) is 14.5. The van der Waals surface area contributed by atoms with Gasteiger partial charge in [-0.3, -0.25) is 4.79 Å². The number of hydrogen-bond acceptors (Lipinski definition) is 6. The molecular weight excluding hydrogens is 420 g/mol. The van der Waals surface area contributed by atoms with E-state index >= 15 is 0 Å². The number of sulfonamides is 1. The van der Waals surface area contributed by atoms with Crippen LogP contribution in [-0.2, 0) is 21.2 Å². The Kier molecular flexibility index (Phi) is 6.21. The van der Waals surface area contributed by atoms with Gasteiger partial charge in [-0.05, 0) is 25.0 Å². The molecule has 0 bridgehead atoms. The van der Waals surface area contributed by atoms with Gasteiger partial charge in [-0.15, -0.1) is 11.3 Å². The van der Waals surface area contributed by atoms with Gasteiger partial charge >= 0.3 is 0 Å². The lowest BCUT2D eigenvalue weighted by Gasteiger charge is -2.25. The monoisotopic (exact) mass is 442 g/mol. The zero-order valence-electron chi connectivity index (χ0n) is 16.3. The maximum Gasteiger partial charge on any atom is 0.252 e. The molecule has 0 aliphatic carbocycles. The Morgan fingerprint density at radius 3 is 2.40 bits per heavy atom. The quantitative estimate of drug-likeness (QED) is 0.630. The zero-order chi connectivity index (χ0) is 21.0. The Balaban J connectivity index is 1.38. The zero-order valence-corrected chi connectivity index (χ0v) is 18.0. The number of carbonyl (C=O) groups is 1. The van der Waals surface area contributed by atoms with E-state index in [1.165, 1.54) is 4.31 Å². The van der Waals surface area contributed by atoms with Crippen LogP contribution < -0.4 is 5.32 Å². The number of anilines is 1. The van der Waals surface area contributed by atoms with Crippen LogP contribution in [-0.4, -0.2) is 41.7 Å². The van der Waals surface area contributed by atoms with Crippen molar-refractivity contribution in [3.63, 3.8) is 0 Å². The van der Waals surface area contributed by atoms with E-state index in [2.05, 4.69) is 15.3 Å². The standard InChI is InChI=1S/C21H22N4O3S2/c26-19(24-17-14-22-21(23-15-17)16-7-3-1-4-8-16)13-18-9-10-20(29-18)30(27,28)25-11-5-2-6-12-25/h1,3-4,7-10,14-15H,2,5-6,11-13H2,(H,24,26). The Labute approximate surface area is 179 Å². The van der Waals surface area contributed by atoms with Gasteiger partial charge in [0.25, 0.3) is 10.0 Å². The summed E-state index contributed by atoms with van der Waals surface area (Å²) in [5.74, 6) is 0.342. The lowest BCUT2D eigenvalue weighted by atomic mass is 10.2. The van der Waals surface area contributed by atoms with Gasteiger partial charge in [0.15, 0.2) is 5.82 Å². The van der Waals surface area contributed by atoms with Crippen LogP contribution in [0.2, 0.25) is 0 Å². The molecular formula is C21H22N4O3S2. The van der Waals surface area contributed by atoms with Gasteiger partial charge in [0, 0.05) is 23.5 Å². The predicted octanol–water partition coefficient (Wildman–Crippen LogP) is 3.56. The molecule has 30 heavy (non-hydrogen) atoms. The van der Waals surface area contributed by atoms with Crippen molar-refractivity contribution in [2.75, 3.05) is 18.4 Å². The van der Waals surface area contributed by atoms with Gasteiger partial charge in [0.05, 0.1) is 24.5 Å². The first-order valence-electron chi connectivity index (χ1n) is 9.78. The van der Waals surface area contributed by atoms with Crippen molar-refractivity contribution in [2.45, 2.75) is 29.9 Å². The van der Waals surface area contributed by atoms with Crippen molar-refractivity contribution in [3.8, 4) is 11.4 Å². The van der Waals surface area contributed by atoms with Crippen molar-refractivity contribution >= 4 is 33.0 Å². The largest absolute Gasteiger partial charge is 0.323 e. The summed E-state index contributed by atoms with van der Waals surface area (Å²) < 4.78 is 27.3. The average Bonchev–Trinajstić information content (AvgIpc) is 3.25. The molecule has 2 aromatic heterocycles. The van der Waals surface area contributed by atoms with Crippen LogP contribution in [0.25, 0.3) is 11.4 Å². The summed E-state index contributed by atoms with van der Waals surface area (Å²) in [4.78, 5) is 21.7. The normalized spacial score (nSPS) is 15.1. The fraction of sp³-hybridized carbons (Fsp3) is 0.286. The molecule has 4 rings (SSSR count). The first kappa shape index (κ1) is 20.6. The van der Waals surface area contributed by atoms with Gasteiger partial charge in [-0.1, -0.05) is 36.8 Å². The number of nitrogens with zero attached hydrogens (tertiary/aromatic N) is 3. The van der Waals surface area contributed by atoms with Crippen LogP contribution in [0.15, 0.2) is 59.1 Å². The van der Waals surface area contributed by atoms with Gasteiger partial charge in [-0.2, -0.15) is 4.31 Å². The summed E-state index contributed by atoms with van der Waals surface area (Å²) in [5.41, 5.74) is 1.40. The fourth-order valence-corrected chi connectivity index (χ4v) is 6.34. The van der Waals surface area contributed by atoms with Crippen LogP contribution in [0.1, 0.15) is 24.1 Å². The first-order valence-corrected chi connectivity index (χ1v) is 12.0. The minimum absolute atomic E-state index is 0.0978. The van der Waals surface area contributed by atoms with Crippen molar-refractivity contribution in [2.24, 2.45) is 0 Å². The number of thiophene rings is 1. The summed E-state index contributed by atoms with van der Waals surface area (Å²) in [6.45, 7) is 1.13. The molecule has 1 fully saturated rings. The highest BCUT2D eigenvalue weighted by Gasteiger charge is 2.27. The van der Waals surface area contributed by atoms with Crippen molar-refractivity contribution in [1.82, 2.24) is 14.3 Å². The summed E-state index contributed by atoms with van der Waals surface area (Å²) in [6, 6.07) is 12.9. The minimum Gasteiger partial charge on any atom is -0.323 e. The number of nitrogens with one attached hydrogen (secondary N) is 1. The van der Waals surface area contributed by atoms with E-state index in [9.17, 15) is 13.2 Å². The van der Waals surface area contributed by atoms with Crippen LogP contribution in [0, 0.1) is 0 Å². The number of aromatic nitrogens is 2. The van der Waals surface area contributed by atoms with Gasteiger partial charge in [0.2, 0.25) is 5.91 Å². The van der Waals surface area contributed by atoms with Crippen molar-refractivity contribution in [1.29, 1.82) is 0 Å². The number of amides is 1. The van der Waals surface area contributed by atoms with E-state index in [1.807, 2.05) is 30.3 Å². The molecule has 0 radical (unpaired) electrons. The predicted molar refractivity (Wildman–Crippen MR) is 117 cm³/mol. The molecule has 7 nitrogen and oxygen atoms in total. The third-order valence-electron chi connectivity index (χ3n) is 4.85. The molecule has 1 aliphatic heterocycles. The van der Waals surface area contributed by atoms with Crippen LogP contribution in [0.4, 0.5) is 5.69 Å². The van der Waals surface area contributed by atoms with E-state index < -0.39 is 10.0 Å². The molecule has 0 saturated carbocycles. The van der Waals surface area contributed by atoms with E-state index in [4.69, 9.17) is 0 Å². The highest BCUT2D eigenvalue weighted by atomic mass is 32.2. The Hall–Kier alpha value is -2.62. The minimum atomic E-state index is -3.47. The van der Waals surface area contributed by atoms with Gasteiger partial charge in [-0.25, -0.2) is 18.4 Å². The van der Waals surface area contributed by atoms with E-state index in [1.54, 1.807) is 24.5 Å². The number of benzene rings is 1. The molecule has 3 aromatic rings. The van der Waals surface area contributed by atoms with Gasteiger partial charge < -0.3 is 5.32 Å². The Morgan fingerprint density at radius 1 is 1.00 bits per heavy atom. The maximum absolute atomic E-state index is 12.7. The van der Waals surface area contributed by atoms with E-state index in [-0.39, 0.29) is 12.3 Å². The highest BCUT2D eigenvalue weighted by molar-refractivity contribution is 7.91. The number of carbonyl (C=O) groups excluding carboxylic acids is 1.